The van der Waals surface area contributed by atoms with E-state index in [1.807, 2.05) is 7.05 Å². The molecular weight excluding hydrogens is 437 g/mol. The lowest BCUT2D eigenvalue weighted by atomic mass is 10.0. The number of nitrogens with one attached hydrogen (secondary N) is 2. The van der Waals surface area contributed by atoms with Gasteiger partial charge in [-0.05, 0) is 65.4 Å². The van der Waals surface area contributed by atoms with Crippen molar-refractivity contribution in [1.29, 1.82) is 0 Å². The Morgan fingerprint density at radius 3 is 2.50 bits per heavy atom. The van der Waals surface area contributed by atoms with Crippen molar-refractivity contribution in [2.24, 2.45) is 4.99 Å². The van der Waals surface area contributed by atoms with Gasteiger partial charge in [0.05, 0.1) is 6.04 Å². The van der Waals surface area contributed by atoms with Gasteiger partial charge >= 0.3 is 0 Å². The van der Waals surface area contributed by atoms with Crippen molar-refractivity contribution in [2.45, 2.75) is 45.2 Å². The van der Waals surface area contributed by atoms with Crippen LogP contribution in [-0.2, 0) is 0 Å². The molecule has 1 saturated heterocycles. The highest BCUT2D eigenvalue weighted by Gasteiger charge is 2.21. The lowest BCUT2D eigenvalue weighted by Gasteiger charge is -2.33. The number of hydrogen-bond donors (Lipinski definition) is 2. The van der Waals surface area contributed by atoms with Gasteiger partial charge in [-0.2, -0.15) is 0 Å². The highest BCUT2D eigenvalue weighted by Crippen LogP contribution is 2.23. The molecule has 0 bridgehead atoms. The first kappa shape index (κ1) is 23.0. The van der Waals surface area contributed by atoms with Crippen LogP contribution in [0.3, 0.4) is 0 Å². The average Bonchev–Trinajstić information content (AvgIpc) is 3.13. The molecule has 1 fully saturated rings. The van der Waals surface area contributed by atoms with Crippen LogP contribution in [0.25, 0.3) is 0 Å². The van der Waals surface area contributed by atoms with Crippen LogP contribution < -0.4 is 15.5 Å². The Bertz CT molecular complexity index is 579. The molecule has 148 valence electrons. The van der Waals surface area contributed by atoms with E-state index in [-0.39, 0.29) is 35.6 Å². The molecule has 1 aliphatic rings. The second kappa shape index (κ2) is 10.3. The van der Waals surface area contributed by atoms with Crippen LogP contribution >= 0.6 is 24.0 Å². The number of anilines is 1. The van der Waals surface area contributed by atoms with E-state index < -0.39 is 0 Å². The maximum absolute atomic E-state index is 4.38. The third-order valence-electron chi connectivity index (χ3n) is 5.32. The minimum absolute atomic E-state index is 0. The third-order valence-corrected chi connectivity index (χ3v) is 5.32. The zero-order valence-electron chi connectivity index (χ0n) is 17.2. The van der Waals surface area contributed by atoms with Gasteiger partial charge in [0, 0.05) is 37.9 Å². The van der Waals surface area contributed by atoms with Gasteiger partial charge in [0.25, 0.3) is 0 Å². The summed E-state index contributed by atoms with van der Waals surface area (Å²) in [5, 5.41) is 6.96. The Morgan fingerprint density at radius 2 is 1.92 bits per heavy atom. The number of hydrogen-bond acceptors (Lipinski definition) is 3. The summed E-state index contributed by atoms with van der Waals surface area (Å²) >= 11 is 0. The largest absolute Gasteiger partial charge is 0.372 e. The summed E-state index contributed by atoms with van der Waals surface area (Å²) in [7, 11) is 6.03. The molecule has 1 aliphatic heterocycles. The average molecular weight is 473 g/mol. The smallest absolute Gasteiger partial charge is 0.191 e. The Morgan fingerprint density at radius 1 is 1.27 bits per heavy atom. The van der Waals surface area contributed by atoms with Crippen LogP contribution in [0, 0.1) is 0 Å². The number of nitrogens with zero attached hydrogens (tertiary/aromatic N) is 3. The van der Waals surface area contributed by atoms with Crippen LogP contribution in [0.1, 0.15) is 45.2 Å². The zero-order chi connectivity index (χ0) is 18.4. The Hall–Kier alpha value is -1.02. The molecule has 26 heavy (non-hydrogen) atoms. The fourth-order valence-electron chi connectivity index (χ4n) is 2.91. The van der Waals surface area contributed by atoms with Gasteiger partial charge in [0.2, 0.25) is 0 Å². The molecule has 0 aliphatic carbocycles. The third kappa shape index (κ3) is 6.30. The Balaban J connectivity index is 0.00000338. The normalized spacial score (nSPS) is 16.4. The number of benzene rings is 1. The van der Waals surface area contributed by atoms with Crippen LogP contribution in [0.15, 0.2) is 29.3 Å². The summed E-state index contributed by atoms with van der Waals surface area (Å²) in [4.78, 5) is 9.07. The lowest BCUT2D eigenvalue weighted by molar-refractivity contribution is 0.197. The van der Waals surface area contributed by atoms with Gasteiger partial charge in [-0.25, -0.2) is 0 Å². The fraction of sp³-hybridized carbons (Fsp3) is 0.650. The molecule has 2 N–H and O–H groups in total. The molecule has 1 aromatic rings. The van der Waals surface area contributed by atoms with Crippen LogP contribution in [0.2, 0.25) is 0 Å². The standard InChI is InChI=1S/C20H35N5.HI/c1-16(23-19(21-4)22-15-20(2,3)24(5)6)17-10-9-11-18(14-17)25-12-7-8-13-25;/h9-11,14,16H,7-8,12-13,15H2,1-6H3,(H2,21,22,23);1H. The number of aliphatic imine (C=N–C) groups is 1. The van der Waals surface area contributed by atoms with Crippen molar-refractivity contribution in [1.82, 2.24) is 15.5 Å². The molecule has 6 heteroatoms. The van der Waals surface area contributed by atoms with Gasteiger partial charge in [-0.15, -0.1) is 24.0 Å². The van der Waals surface area contributed by atoms with Gasteiger partial charge in [-0.3, -0.25) is 4.99 Å². The van der Waals surface area contributed by atoms with E-state index in [1.54, 1.807) is 0 Å². The molecule has 5 nitrogen and oxygen atoms in total. The summed E-state index contributed by atoms with van der Waals surface area (Å²) in [6, 6.07) is 9.07. The summed E-state index contributed by atoms with van der Waals surface area (Å²) in [5.74, 6) is 0.842. The first-order valence-corrected chi connectivity index (χ1v) is 9.33. The molecule has 1 heterocycles. The lowest BCUT2D eigenvalue weighted by Crippen LogP contribution is -2.51. The van der Waals surface area contributed by atoms with E-state index in [0.717, 1.165) is 12.5 Å². The molecule has 0 amide bonds. The van der Waals surface area contributed by atoms with Crippen LogP contribution in [0.4, 0.5) is 5.69 Å². The van der Waals surface area contributed by atoms with Gasteiger partial charge < -0.3 is 20.4 Å². The second-order valence-corrected chi connectivity index (χ2v) is 7.79. The van der Waals surface area contributed by atoms with E-state index in [0.29, 0.717) is 0 Å². The van der Waals surface area contributed by atoms with Crippen molar-refractivity contribution < 1.29 is 0 Å². The van der Waals surface area contributed by atoms with Crippen molar-refractivity contribution >= 4 is 35.6 Å². The fourth-order valence-corrected chi connectivity index (χ4v) is 2.91. The molecule has 0 spiro atoms. The molecule has 0 radical (unpaired) electrons. The van der Waals surface area contributed by atoms with Crippen molar-refractivity contribution in [3.05, 3.63) is 29.8 Å². The SMILES string of the molecule is CN=C(NCC(C)(C)N(C)C)NC(C)c1cccc(N2CCCC2)c1.I. The predicted octanol–water partition coefficient (Wildman–Crippen LogP) is 3.47. The second-order valence-electron chi connectivity index (χ2n) is 7.79. The van der Waals surface area contributed by atoms with Gasteiger partial charge in [0.15, 0.2) is 5.96 Å². The topological polar surface area (TPSA) is 42.9 Å². The maximum Gasteiger partial charge on any atom is 0.191 e. The van der Waals surface area contributed by atoms with E-state index in [2.05, 4.69) is 84.6 Å². The number of rotatable bonds is 6. The molecule has 1 atom stereocenters. The highest BCUT2D eigenvalue weighted by molar-refractivity contribution is 14.0. The Kier molecular flexibility index (Phi) is 9.16. The molecule has 1 unspecified atom stereocenters. The van der Waals surface area contributed by atoms with Gasteiger partial charge in [-0.1, -0.05) is 12.1 Å². The van der Waals surface area contributed by atoms with E-state index in [9.17, 15) is 0 Å². The first-order chi connectivity index (χ1) is 11.8. The van der Waals surface area contributed by atoms with Crippen molar-refractivity contribution in [3.8, 4) is 0 Å². The molecule has 0 aromatic heterocycles. The zero-order valence-corrected chi connectivity index (χ0v) is 19.5. The summed E-state index contributed by atoms with van der Waals surface area (Å²) < 4.78 is 0. The van der Waals surface area contributed by atoms with E-state index in [4.69, 9.17) is 0 Å². The van der Waals surface area contributed by atoms with Crippen LogP contribution in [0.5, 0.6) is 0 Å². The monoisotopic (exact) mass is 473 g/mol. The minimum atomic E-state index is 0. The van der Waals surface area contributed by atoms with Crippen molar-refractivity contribution in [3.63, 3.8) is 0 Å². The predicted molar refractivity (Wildman–Crippen MR) is 124 cm³/mol. The first-order valence-electron chi connectivity index (χ1n) is 9.33. The number of halogens is 1. The molecule has 1 aromatic carbocycles. The molecule has 0 saturated carbocycles. The maximum atomic E-state index is 4.38. The number of likely N-dealkylation sites (N-methyl/N-ethyl adjacent to an activating group) is 1. The van der Waals surface area contributed by atoms with Gasteiger partial charge in [0.1, 0.15) is 0 Å². The van der Waals surface area contributed by atoms with Crippen LogP contribution in [-0.4, -0.2) is 57.2 Å². The highest BCUT2D eigenvalue weighted by atomic mass is 127. The quantitative estimate of drug-likeness (QED) is 0.377. The summed E-state index contributed by atoms with van der Waals surface area (Å²) in [6.07, 6.45) is 2.60. The van der Waals surface area contributed by atoms with E-state index in [1.165, 1.54) is 37.2 Å². The molecular formula is C20H36IN5. The Labute approximate surface area is 176 Å². The minimum Gasteiger partial charge on any atom is -0.372 e. The molecule has 2 rings (SSSR count). The van der Waals surface area contributed by atoms with Crippen molar-refractivity contribution in [2.75, 3.05) is 45.7 Å². The van der Waals surface area contributed by atoms with E-state index >= 15 is 0 Å². The summed E-state index contributed by atoms with van der Waals surface area (Å²) in [6.45, 7) is 9.81. The summed E-state index contributed by atoms with van der Waals surface area (Å²) in [5.41, 5.74) is 2.69. The number of guanidine groups is 1.